The summed E-state index contributed by atoms with van der Waals surface area (Å²) >= 11 is 3.57. The normalized spacial score (nSPS) is 11.7. The van der Waals surface area contributed by atoms with Crippen LogP contribution in [0.15, 0.2) is 57.9 Å². The second-order valence-electron chi connectivity index (χ2n) is 5.52. The maximum atomic E-state index is 11.6. The van der Waals surface area contributed by atoms with Gasteiger partial charge < -0.3 is 5.11 Å². The zero-order valence-corrected chi connectivity index (χ0v) is 15.8. The molecule has 6 nitrogen and oxygen atoms in total. The molecule has 0 fully saturated rings. The number of halogens is 1. The third kappa shape index (κ3) is 3.38. The van der Waals surface area contributed by atoms with Gasteiger partial charge in [-0.25, -0.2) is 18.2 Å². The number of nitrogens with zero attached hydrogens (tertiary/aromatic N) is 2. The van der Waals surface area contributed by atoms with Gasteiger partial charge in [-0.15, -0.1) is 0 Å². The summed E-state index contributed by atoms with van der Waals surface area (Å²) in [6.07, 6.45) is 0. The molecule has 0 spiro atoms. The molecule has 0 bridgehead atoms. The van der Waals surface area contributed by atoms with E-state index in [1.807, 2.05) is 37.3 Å². The third-order valence-electron chi connectivity index (χ3n) is 3.80. The summed E-state index contributed by atoms with van der Waals surface area (Å²) in [5, 5.41) is 19.3. The minimum Gasteiger partial charge on any atom is -0.392 e. The van der Waals surface area contributed by atoms with Gasteiger partial charge in [-0.1, -0.05) is 30.3 Å². The van der Waals surface area contributed by atoms with Gasteiger partial charge in [-0.05, 0) is 46.6 Å². The predicted molar refractivity (Wildman–Crippen MR) is 98.7 cm³/mol. The van der Waals surface area contributed by atoms with E-state index in [9.17, 15) is 13.5 Å². The Labute approximate surface area is 154 Å². The second kappa shape index (κ2) is 6.72. The molecule has 3 aromatic rings. The van der Waals surface area contributed by atoms with Crippen molar-refractivity contribution in [1.29, 1.82) is 0 Å². The fourth-order valence-electron chi connectivity index (χ4n) is 2.64. The van der Waals surface area contributed by atoms with Crippen LogP contribution >= 0.6 is 15.9 Å². The van der Waals surface area contributed by atoms with Crippen LogP contribution in [-0.2, 0) is 16.6 Å². The minimum absolute atomic E-state index is 0.0945. The van der Waals surface area contributed by atoms with Gasteiger partial charge in [-0.3, -0.25) is 0 Å². The van der Waals surface area contributed by atoms with Crippen LogP contribution in [0.3, 0.4) is 0 Å². The average molecular weight is 422 g/mol. The summed E-state index contributed by atoms with van der Waals surface area (Å²) in [5.41, 5.74) is 3.44. The van der Waals surface area contributed by atoms with E-state index in [1.165, 1.54) is 6.07 Å². The average Bonchev–Trinajstić information content (AvgIpc) is 2.89. The summed E-state index contributed by atoms with van der Waals surface area (Å²) in [6.45, 7) is 1.43. The van der Waals surface area contributed by atoms with Crippen molar-refractivity contribution in [3.63, 3.8) is 0 Å². The van der Waals surface area contributed by atoms with E-state index >= 15 is 0 Å². The first-order valence-electron chi connectivity index (χ1n) is 7.40. The Kier molecular flexibility index (Phi) is 4.79. The molecule has 0 aliphatic rings. The first-order valence-corrected chi connectivity index (χ1v) is 9.74. The lowest BCUT2D eigenvalue weighted by Gasteiger charge is -2.12. The Balaban J connectivity index is 2.23. The molecule has 2 aromatic carbocycles. The number of hydrogen-bond acceptors (Lipinski definition) is 4. The van der Waals surface area contributed by atoms with Crippen LogP contribution in [0, 0.1) is 6.92 Å². The molecule has 0 aliphatic heterocycles. The van der Waals surface area contributed by atoms with Crippen molar-refractivity contribution in [2.24, 2.45) is 5.14 Å². The molecule has 0 amide bonds. The molecule has 0 atom stereocenters. The van der Waals surface area contributed by atoms with Crippen LogP contribution in [0.1, 0.15) is 11.3 Å². The summed E-state index contributed by atoms with van der Waals surface area (Å²) in [6, 6.07) is 14.3. The minimum atomic E-state index is -3.91. The Morgan fingerprint density at radius 3 is 2.48 bits per heavy atom. The van der Waals surface area contributed by atoms with E-state index in [-0.39, 0.29) is 10.5 Å². The lowest BCUT2D eigenvalue weighted by molar-refractivity contribution is 0.278. The molecule has 3 rings (SSSR count). The number of sulfonamides is 1. The van der Waals surface area contributed by atoms with E-state index in [0.29, 0.717) is 5.69 Å². The van der Waals surface area contributed by atoms with Crippen molar-refractivity contribution in [1.82, 2.24) is 9.78 Å². The van der Waals surface area contributed by atoms with Gasteiger partial charge in [0.15, 0.2) is 0 Å². The highest BCUT2D eigenvalue weighted by Crippen LogP contribution is 2.33. The highest BCUT2D eigenvalue weighted by Gasteiger charge is 2.19. The van der Waals surface area contributed by atoms with Crippen LogP contribution in [0.4, 0.5) is 0 Å². The van der Waals surface area contributed by atoms with Crippen LogP contribution < -0.4 is 5.14 Å². The Bertz CT molecular complexity index is 1030. The lowest BCUT2D eigenvalue weighted by atomic mass is 10.1. The smallest absolute Gasteiger partial charge is 0.238 e. The molecule has 25 heavy (non-hydrogen) atoms. The number of aryl methyl sites for hydroxylation is 1. The quantitative estimate of drug-likeness (QED) is 0.676. The SMILES string of the molecule is Cc1nn(-c2ccc(S(N)(=O)=O)c(CO)c2)c(-c2ccccc2)c1Br. The van der Waals surface area contributed by atoms with E-state index < -0.39 is 16.6 Å². The number of rotatable bonds is 4. The molecule has 0 saturated carbocycles. The zero-order valence-electron chi connectivity index (χ0n) is 13.3. The highest BCUT2D eigenvalue weighted by molar-refractivity contribution is 9.10. The van der Waals surface area contributed by atoms with Crippen molar-refractivity contribution in [2.75, 3.05) is 0 Å². The van der Waals surface area contributed by atoms with E-state index in [0.717, 1.165) is 21.4 Å². The monoisotopic (exact) mass is 421 g/mol. The van der Waals surface area contributed by atoms with Gasteiger partial charge in [0.05, 0.1) is 33.1 Å². The summed E-state index contributed by atoms with van der Waals surface area (Å²) in [5.74, 6) is 0. The molecule has 3 N–H and O–H groups in total. The summed E-state index contributed by atoms with van der Waals surface area (Å²) < 4.78 is 25.8. The molecule has 1 heterocycles. The molecule has 0 aliphatic carbocycles. The standard InChI is InChI=1S/C17H16BrN3O3S/c1-11-16(18)17(12-5-3-2-4-6-12)21(20-11)14-7-8-15(25(19,23)24)13(9-14)10-22/h2-9,22H,10H2,1H3,(H2,19,23,24). The number of aliphatic hydroxyl groups excluding tert-OH is 1. The predicted octanol–water partition coefficient (Wildman–Crippen LogP) is 2.75. The Morgan fingerprint density at radius 1 is 1.20 bits per heavy atom. The third-order valence-corrected chi connectivity index (χ3v) is 5.76. The summed E-state index contributed by atoms with van der Waals surface area (Å²) in [4.78, 5) is -0.0945. The van der Waals surface area contributed by atoms with Gasteiger partial charge in [0.1, 0.15) is 0 Å². The number of aromatic nitrogens is 2. The number of hydrogen-bond donors (Lipinski definition) is 2. The summed E-state index contributed by atoms with van der Waals surface area (Å²) in [7, 11) is -3.91. The first-order chi connectivity index (χ1) is 11.8. The fraction of sp³-hybridized carbons (Fsp3) is 0.118. The number of nitrogens with two attached hydrogens (primary N) is 1. The number of benzene rings is 2. The molecule has 0 saturated heterocycles. The lowest BCUT2D eigenvalue weighted by Crippen LogP contribution is -2.15. The van der Waals surface area contributed by atoms with Gasteiger partial charge in [0.25, 0.3) is 0 Å². The van der Waals surface area contributed by atoms with Gasteiger partial charge in [0.2, 0.25) is 10.0 Å². The molecular formula is C17H16BrN3O3S. The molecule has 0 unspecified atom stereocenters. The molecule has 1 aromatic heterocycles. The second-order valence-corrected chi connectivity index (χ2v) is 7.84. The van der Waals surface area contributed by atoms with Crippen molar-refractivity contribution in [3.05, 3.63) is 64.3 Å². The van der Waals surface area contributed by atoms with Crippen LogP contribution in [0.5, 0.6) is 0 Å². The van der Waals surface area contributed by atoms with Gasteiger partial charge in [-0.2, -0.15) is 5.10 Å². The van der Waals surface area contributed by atoms with Crippen LogP contribution in [0.2, 0.25) is 0 Å². The van der Waals surface area contributed by atoms with Crippen molar-refractivity contribution >= 4 is 26.0 Å². The largest absolute Gasteiger partial charge is 0.392 e. The number of primary sulfonamides is 1. The maximum Gasteiger partial charge on any atom is 0.238 e. The first kappa shape index (κ1) is 17.8. The van der Waals surface area contributed by atoms with E-state index in [4.69, 9.17) is 5.14 Å². The molecule has 130 valence electrons. The highest BCUT2D eigenvalue weighted by atomic mass is 79.9. The van der Waals surface area contributed by atoms with E-state index in [1.54, 1.807) is 16.8 Å². The molecular weight excluding hydrogens is 406 g/mol. The molecule has 0 radical (unpaired) electrons. The fourth-order valence-corrected chi connectivity index (χ4v) is 3.86. The van der Waals surface area contributed by atoms with Crippen LogP contribution in [0.25, 0.3) is 16.9 Å². The van der Waals surface area contributed by atoms with Crippen molar-refractivity contribution in [2.45, 2.75) is 18.4 Å². The van der Waals surface area contributed by atoms with Crippen LogP contribution in [-0.4, -0.2) is 23.3 Å². The molecule has 8 heteroatoms. The topological polar surface area (TPSA) is 98.2 Å². The Hall–Kier alpha value is -2.00. The van der Waals surface area contributed by atoms with Crippen molar-refractivity contribution in [3.8, 4) is 16.9 Å². The number of aliphatic hydroxyl groups is 1. The van der Waals surface area contributed by atoms with Gasteiger partial charge in [0, 0.05) is 5.56 Å². The van der Waals surface area contributed by atoms with E-state index in [2.05, 4.69) is 21.0 Å². The van der Waals surface area contributed by atoms with Crippen molar-refractivity contribution < 1.29 is 13.5 Å². The van der Waals surface area contributed by atoms with Gasteiger partial charge >= 0.3 is 0 Å². The zero-order chi connectivity index (χ0) is 18.2. The Morgan fingerprint density at radius 2 is 1.88 bits per heavy atom. The maximum absolute atomic E-state index is 11.6.